The number of aromatic nitrogens is 2. The Balaban J connectivity index is 1.63. The van der Waals surface area contributed by atoms with Crippen LogP contribution in [0, 0.1) is 6.92 Å². The number of amides is 1. The minimum atomic E-state index is -0.125. The van der Waals surface area contributed by atoms with E-state index in [0.717, 1.165) is 28.0 Å². The minimum Gasteiger partial charge on any atom is -0.396 e. The van der Waals surface area contributed by atoms with Crippen molar-refractivity contribution < 1.29 is 4.79 Å². The molecule has 0 saturated carbocycles. The van der Waals surface area contributed by atoms with Crippen LogP contribution in [0.3, 0.4) is 0 Å². The predicted molar refractivity (Wildman–Crippen MR) is 123 cm³/mol. The fourth-order valence-electron chi connectivity index (χ4n) is 3.61. The Morgan fingerprint density at radius 2 is 1.83 bits per heavy atom. The lowest BCUT2D eigenvalue weighted by atomic mass is 9.86. The molecule has 0 aliphatic heterocycles. The molecule has 0 bridgehead atoms. The highest BCUT2D eigenvalue weighted by molar-refractivity contribution is 6.05. The molecular formula is C25H26N4O. The van der Waals surface area contributed by atoms with Gasteiger partial charge in [0.15, 0.2) is 5.65 Å². The number of nitrogen functional groups attached to an aromatic ring is 1. The van der Waals surface area contributed by atoms with Crippen molar-refractivity contribution in [1.29, 1.82) is 0 Å². The molecule has 3 N–H and O–H groups in total. The standard InChI is InChI=1S/C25H26N4O/c1-16-20(18-14-21(26)23-27-12-13-29(23)15-18)6-5-7-22(16)28-24(30)17-8-10-19(11-9-17)25(2,3)4/h5-15H,26H2,1-4H3,(H,28,30). The van der Waals surface area contributed by atoms with Crippen molar-refractivity contribution >= 4 is 22.9 Å². The zero-order valence-corrected chi connectivity index (χ0v) is 17.7. The number of fused-ring (bicyclic) bond motifs is 1. The monoisotopic (exact) mass is 398 g/mol. The molecule has 4 aromatic rings. The van der Waals surface area contributed by atoms with Gasteiger partial charge in [-0.15, -0.1) is 0 Å². The van der Waals surface area contributed by atoms with E-state index in [1.54, 1.807) is 6.20 Å². The maximum absolute atomic E-state index is 12.8. The Labute approximate surface area is 176 Å². The Kier molecular flexibility index (Phi) is 4.82. The summed E-state index contributed by atoms with van der Waals surface area (Å²) in [4.78, 5) is 17.1. The molecule has 152 valence electrons. The van der Waals surface area contributed by atoms with Gasteiger partial charge in [0, 0.05) is 35.4 Å². The third-order valence-corrected chi connectivity index (χ3v) is 5.42. The average Bonchev–Trinajstić information content (AvgIpc) is 3.18. The first kappa shape index (κ1) is 19.7. The molecule has 5 nitrogen and oxygen atoms in total. The Bertz CT molecular complexity index is 1230. The van der Waals surface area contributed by atoms with E-state index in [-0.39, 0.29) is 11.3 Å². The largest absolute Gasteiger partial charge is 0.396 e. The molecule has 30 heavy (non-hydrogen) atoms. The molecule has 0 aliphatic rings. The first-order chi connectivity index (χ1) is 14.2. The lowest BCUT2D eigenvalue weighted by Gasteiger charge is -2.19. The van der Waals surface area contributed by atoms with E-state index in [0.29, 0.717) is 11.3 Å². The Morgan fingerprint density at radius 3 is 2.53 bits per heavy atom. The first-order valence-electron chi connectivity index (χ1n) is 9.98. The van der Waals surface area contributed by atoms with E-state index >= 15 is 0 Å². The topological polar surface area (TPSA) is 72.4 Å². The molecular weight excluding hydrogens is 372 g/mol. The second-order valence-corrected chi connectivity index (χ2v) is 8.60. The molecule has 2 heterocycles. The highest BCUT2D eigenvalue weighted by atomic mass is 16.1. The summed E-state index contributed by atoms with van der Waals surface area (Å²) in [5, 5.41) is 3.05. The van der Waals surface area contributed by atoms with Crippen molar-refractivity contribution in [3.05, 3.63) is 83.8 Å². The molecule has 1 amide bonds. The van der Waals surface area contributed by atoms with Gasteiger partial charge in [-0.05, 0) is 53.3 Å². The van der Waals surface area contributed by atoms with E-state index in [1.165, 1.54) is 5.56 Å². The number of hydrogen-bond donors (Lipinski definition) is 2. The van der Waals surface area contributed by atoms with Crippen LogP contribution in [0.25, 0.3) is 16.8 Å². The number of carbonyl (C=O) groups excluding carboxylic acids is 1. The van der Waals surface area contributed by atoms with Crippen LogP contribution in [0.5, 0.6) is 0 Å². The molecule has 5 heteroatoms. The number of carbonyl (C=O) groups is 1. The second kappa shape index (κ2) is 7.34. The predicted octanol–water partition coefficient (Wildman–Crippen LogP) is 5.44. The number of rotatable bonds is 3. The molecule has 0 saturated heterocycles. The van der Waals surface area contributed by atoms with Gasteiger partial charge in [0.25, 0.3) is 5.91 Å². The van der Waals surface area contributed by atoms with Crippen LogP contribution in [0.4, 0.5) is 11.4 Å². The van der Waals surface area contributed by atoms with E-state index in [2.05, 4.69) is 31.1 Å². The minimum absolute atomic E-state index is 0.0537. The van der Waals surface area contributed by atoms with Gasteiger partial charge in [0.1, 0.15) is 0 Å². The molecule has 0 aliphatic carbocycles. The van der Waals surface area contributed by atoms with Gasteiger partial charge in [-0.25, -0.2) is 4.98 Å². The smallest absolute Gasteiger partial charge is 0.255 e. The summed E-state index contributed by atoms with van der Waals surface area (Å²) in [7, 11) is 0. The van der Waals surface area contributed by atoms with E-state index in [1.807, 2.05) is 72.2 Å². The number of nitrogens with one attached hydrogen (secondary N) is 1. The van der Waals surface area contributed by atoms with Gasteiger partial charge in [0.2, 0.25) is 0 Å². The molecule has 0 atom stereocenters. The molecule has 2 aromatic heterocycles. The lowest BCUT2D eigenvalue weighted by Crippen LogP contribution is -2.15. The number of benzene rings is 2. The zero-order chi connectivity index (χ0) is 21.5. The van der Waals surface area contributed by atoms with Crippen LogP contribution < -0.4 is 11.1 Å². The number of nitrogens with two attached hydrogens (primary N) is 1. The number of nitrogens with zero attached hydrogens (tertiary/aromatic N) is 2. The van der Waals surface area contributed by atoms with E-state index in [4.69, 9.17) is 5.73 Å². The highest BCUT2D eigenvalue weighted by Gasteiger charge is 2.15. The van der Waals surface area contributed by atoms with Gasteiger partial charge in [-0.3, -0.25) is 4.79 Å². The van der Waals surface area contributed by atoms with Crippen molar-refractivity contribution in [2.24, 2.45) is 0 Å². The molecule has 0 fully saturated rings. The van der Waals surface area contributed by atoms with Crippen LogP contribution in [-0.2, 0) is 5.41 Å². The quantitative estimate of drug-likeness (QED) is 0.482. The first-order valence-corrected chi connectivity index (χ1v) is 9.98. The summed E-state index contributed by atoms with van der Waals surface area (Å²) in [5.74, 6) is -0.125. The van der Waals surface area contributed by atoms with Gasteiger partial charge < -0.3 is 15.5 Å². The Hall–Kier alpha value is -3.60. The number of anilines is 2. The number of hydrogen-bond acceptors (Lipinski definition) is 3. The molecule has 2 aromatic carbocycles. The Morgan fingerprint density at radius 1 is 1.10 bits per heavy atom. The average molecular weight is 399 g/mol. The summed E-state index contributed by atoms with van der Waals surface area (Å²) >= 11 is 0. The summed E-state index contributed by atoms with van der Waals surface area (Å²) < 4.78 is 1.91. The highest BCUT2D eigenvalue weighted by Crippen LogP contribution is 2.31. The SMILES string of the molecule is Cc1c(NC(=O)c2ccc(C(C)(C)C)cc2)cccc1-c1cc(N)c2nccn2c1. The number of imidazole rings is 1. The van der Waals surface area contributed by atoms with Gasteiger partial charge in [-0.1, -0.05) is 45.0 Å². The maximum Gasteiger partial charge on any atom is 0.255 e. The van der Waals surface area contributed by atoms with Crippen LogP contribution >= 0.6 is 0 Å². The van der Waals surface area contributed by atoms with Crippen molar-refractivity contribution in [3.8, 4) is 11.1 Å². The van der Waals surface area contributed by atoms with Crippen molar-refractivity contribution in [2.75, 3.05) is 11.1 Å². The van der Waals surface area contributed by atoms with E-state index in [9.17, 15) is 4.79 Å². The molecule has 4 rings (SSSR count). The normalized spacial score (nSPS) is 11.6. The molecule has 0 unspecified atom stereocenters. The maximum atomic E-state index is 12.8. The van der Waals surface area contributed by atoms with Crippen LogP contribution in [0.1, 0.15) is 42.3 Å². The fourth-order valence-corrected chi connectivity index (χ4v) is 3.61. The van der Waals surface area contributed by atoms with Crippen LogP contribution in [0.15, 0.2) is 67.1 Å². The number of pyridine rings is 1. The molecule has 0 spiro atoms. The fraction of sp³-hybridized carbons (Fsp3) is 0.200. The second-order valence-electron chi connectivity index (χ2n) is 8.60. The van der Waals surface area contributed by atoms with Crippen molar-refractivity contribution in [1.82, 2.24) is 9.38 Å². The van der Waals surface area contributed by atoms with Gasteiger partial charge in [0.05, 0.1) is 5.69 Å². The third kappa shape index (κ3) is 3.66. The zero-order valence-electron chi connectivity index (χ0n) is 17.7. The summed E-state index contributed by atoms with van der Waals surface area (Å²) in [6, 6.07) is 15.6. The lowest BCUT2D eigenvalue weighted by molar-refractivity contribution is 0.102. The van der Waals surface area contributed by atoms with Crippen molar-refractivity contribution in [3.63, 3.8) is 0 Å². The van der Waals surface area contributed by atoms with Crippen LogP contribution in [0.2, 0.25) is 0 Å². The van der Waals surface area contributed by atoms with E-state index < -0.39 is 0 Å². The molecule has 0 radical (unpaired) electrons. The summed E-state index contributed by atoms with van der Waals surface area (Å²) in [6.07, 6.45) is 5.60. The van der Waals surface area contributed by atoms with Crippen molar-refractivity contribution in [2.45, 2.75) is 33.1 Å². The summed E-state index contributed by atoms with van der Waals surface area (Å²) in [5.41, 5.74) is 13.2. The van der Waals surface area contributed by atoms with Crippen LogP contribution in [-0.4, -0.2) is 15.3 Å². The van der Waals surface area contributed by atoms with Gasteiger partial charge >= 0.3 is 0 Å². The third-order valence-electron chi connectivity index (χ3n) is 5.42. The van der Waals surface area contributed by atoms with Gasteiger partial charge in [-0.2, -0.15) is 0 Å². The summed E-state index contributed by atoms with van der Waals surface area (Å²) in [6.45, 7) is 8.47.